The molecule has 138 valence electrons. The second-order valence-electron chi connectivity index (χ2n) is 6.76. The predicted octanol–water partition coefficient (Wildman–Crippen LogP) is 2.87. The quantitative estimate of drug-likeness (QED) is 0.752. The number of carbonyl (C=O) groups is 1. The van der Waals surface area contributed by atoms with Crippen molar-refractivity contribution in [3.63, 3.8) is 0 Å². The van der Waals surface area contributed by atoms with Gasteiger partial charge in [0.05, 0.1) is 5.69 Å². The average Bonchev–Trinajstić information content (AvgIpc) is 2.61. The van der Waals surface area contributed by atoms with Crippen molar-refractivity contribution in [2.75, 3.05) is 11.9 Å². The van der Waals surface area contributed by atoms with E-state index in [0.717, 1.165) is 12.0 Å². The molecule has 0 saturated heterocycles. The maximum Gasteiger partial charge on any atom is 0.251 e. The molecule has 7 heteroatoms. The van der Waals surface area contributed by atoms with Gasteiger partial charge in [-0.1, -0.05) is 38.1 Å². The summed E-state index contributed by atoms with van der Waals surface area (Å²) in [5.41, 5.74) is 1.85. The number of rotatable bonds is 5. The number of hydrogen-bond donors (Lipinski definition) is 3. The van der Waals surface area contributed by atoms with Crippen molar-refractivity contribution in [2.45, 2.75) is 31.3 Å². The highest BCUT2D eigenvalue weighted by atomic mass is 32.2. The first-order valence-electron chi connectivity index (χ1n) is 8.63. The Balaban J connectivity index is 1.73. The Labute approximate surface area is 154 Å². The average molecular weight is 373 g/mol. The van der Waals surface area contributed by atoms with Gasteiger partial charge in [0.15, 0.2) is 0 Å². The van der Waals surface area contributed by atoms with E-state index >= 15 is 0 Å². The molecule has 2 aromatic carbocycles. The van der Waals surface area contributed by atoms with E-state index < -0.39 is 16.2 Å². The minimum absolute atomic E-state index is 0.125. The molecule has 0 unspecified atom stereocenters. The monoisotopic (exact) mass is 373 g/mol. The second-order valence-corrected chi connectivity index (χ2v) is 8.44. The lowest BCUT2D eigenvalue weighted by Crippen LogP contribution is -2.38. The van der Waals surface area contributed by atoms with E-state index in [2.05, 4.69) is 29.2 Å². The summed E-state index contributed by atoms with van der Waals surface area (Å²) in [6.45, 7) is 4.85. The SMILES string of the molecule is CC(C)CCNC(=O)c1ccc([C@@H]2Nc3ccccc3S(=O)(=O)N2)cc1. The molecular formula is C19H23N3O3S. The predicted molar refractivity (Wildman–Crippen MR) is 101 cm³/mol. The van der Waals surface area contributed by atoms with Crippen LogP contribution in [0.3, 0.4) is 0 Å². The van der Waals surface area contributed by atoms with Gasteiger partial charge >= 0.3 is 0 Å². The largest absolute Gasteiger partial charge is 0.364 e. The summed E-state index contributed by atoms with van der Waals surface area (Å²) in [6, 6.07) is 13.7. The van der Waals surface area contributed by atoms with Gasteiger partial charge in [-0.05, 0) is 42.2 Å². The van der Waals surface area contributed by atoms with Crippen LogP contribution in [0.15, 0.2) is 53.4 Å². The van der Waals surface area contributed by atoms with Crippen LogP contribution >= 0.6 is 0 Å². The fourth-order valence-electron chi connectivity index (χ4n) is 2.78. The van der Waals surface area contributed by atoms with Crippen molar-refractivity contribution >= 4 is 21.6 Å². The van der Waals surface area contributed by atoms with Gasteiger partial charge < -0.3 is 10.6 Å². The van der Waals surface area contributed by atoms with Crippen molar-refractivity contribution in [2.24, 2.45) is 5.92 Å². The summed E-state index contributed by atoms with van der Waals surface area (Å²) in [4.78, 5) is 12.4. The number of benzene rings is 2. The number of amides is 1. The van der Waals surface area contributed by atoms with Gasteiger partial charge in [0.1, 0.15) is 11.1 Å². The molecule has 3 N–H and O–H groups in total. The van der Waals surface area contributed by atoms with Crippen molar-refractivity contribution in [3.05, 3.63) is 59.7 Å². The van der Waals surface area contributed by atoms with Gasteiger partial charge in [-0.2, -0.15) is 4.72 Å². The van der Waals surface area contributed by atoms with E-state index in [4.69, 9.17) is 0 Å². The highest BCUT2D eigenvalue weighted by molar-refractivity contribution is 7.89. The van der Waals surface area contributed by atoms with Crippen LogP contribution in [-0.4, -0.2) is 20.9 Å². The molecule has 0 aliphatic carbocycles. The zero-order valence-corrected chi connectivity index (χ0v) is 15.6. The Bertz CT molecular complexity index is 893. The first-order valence-corrected chi connectivity index (χ1v) is 10.1. The van der Waals surface area contributed by atoms with E-state index in [1.54, 1.807) is 48.5 Å². The number of nitrogens with one attached hydrogen (secondary N) is 3. The Morgan fingerprint density at radius 1 is 1.12 bits per heavy atom. The maximum atomic E-state index is 12.4. The van der Waals surface area contributed by atoms with Crippen LogP contribution in [0.25, 0.3) is 0 Å². The molecule has 0 saturated carbocycles. The summed E-state index contributed by atoms with van der Waals surface area (Å²) in [6.07, 6.45) is 0.352. The fraction of sp³-hybridized carbons (Fsp3) is 0.316. The molecule has 1 amide bonds. The van der Waals surface area contributed by atoms with Gasteiger partial charge in [-0.15, -0.1) is 0 Å². The number of sulfonamides is 1. The van der Waals surface area contributed by atoms with E-state index in [9.17, 15) is 13.2 Å². The molecule has 0 radical (unpaired) electrons. The van der Waals surface area contributed by atoms with Crippen LogP contribution in [-0.2, 0) is 10.0 Å². The fourth-order valence-corrected chi connectivity index (χ4v) is 4.09. The lowest BCUT2D eigenvalue weighted by atomic mass is 10.1. The number of para-hydroxylation sites is 1. The molecule has 2 aromatic rings. The van der Waals surface area contributed by atoms with Crippen molar-refractivity contribution < 1.29 is 13.2 Å². The zero-order chi connectivity index (χ0) is 18.7. The lowest BCUT2D eigenvalue weighted by molar-refractivity contribution is 0.0952. The molecule has 0 aromatic heterocycles. The van der Waals surface area contributed by atoms with Crippen LogP contribution in [0.5, 0.6) is 0 Å². The first-order chi connectivity index (χ1) is 12.4. The topological polar surface area (TPSA) is 87.3 Å². The van der Waals surface area contributed by atoms with Gasteiger partial charge in [0, 0.05) is 12.1 Å². The first kappa shape index (κ1) is 18.4. The van der Waals surface area contributed by atoms with Gasteiger partial charge in [0.2, 0.25) is 10.0 Å². The molecule has 1 aliphatic rings. The van der Waals surface area contributed by atoms with E-state index in [0.29, 0.717) is 23.7 Å². The zero-order valence-electron chi connectivity index (χ0n) is 14.8. The van der Waals surface area contributed by atoms with Gasteiger partial charge in [-0.25, -0.2) is 8.42 Å². The highest BCUT2D eigenvalue weighted by Gasteiger charge is 2.29. The summed E-state index contributed by atoms with van der Waals surface area (Å²) in [5.74, 6) is 0.408. The minimum atomic E-state index is -3.58. The Morgan fingerprint density at radius 3 is 2.50 bits per heavy atom. The summed E-state index contributed by atoms with van der Waals surface area (Å²) in [7, 11) is -3.58. The molecule has 1 atom stereocenters. The molecule has 0 spiro atoms. The van der Waals surface area contributed by atoms with Crippen LogP contribution in [0.1, 0.15) is 42.4 Å². The number of hydrogen-bond acceptors (Lipinski definition) is 4. The third kappa shape index (κ3) is 4.05. The third-order valence-electron chi connectivity index (χ3n) is 4.26. The molecule has 26 heavy (non-hydrogen) atoms. The normalized spacial score (nSPS) is 18.0. The molecule has 1 heterocycles. The maximum absolute atomic E-state index is 12.4. The Morgan fingerprint density at radius 2 is 1.81 bits per heavy atom. The standard InChI is InChI=1S/C19H23N3O3S/c1-13(2)11-12-20-19(23)15-9-7-14(8-10-15)18-21-16-5-3-4-6-17(16)26(24,25)22-18/h3-10,13,18,21-22H,11-12H2,1-2H3,(H,20,23)/t18-/m1/s1. The van der Waals surface area contributed by atoms with E-state index in [1.165, 1.54) is 0 Å². The van der Waals surface area contributed by atoms with E-state index in [-0.39, 0.29) is 10.8 Å². The summed E-state index contributed by atoms with van der Waals surface area (Å²) in [5, 5.41) is 6.06. The molecule has 6 nitrogen and oxygen atoms in total. The number of carbonyl (C=O) groups excluding carboxylic acids is 1. The highest BCUT2D eigenvalue weighted by Crippen LogP contribution is 2.30. The summed E-state index contributed by atoms with van der Waals surface area (Å²) < 4.78 is 27.4. The van der Waals surface area contributed by atoms with Crippen LogP contribution in [0.2, 0.25) is 0 Å². The van der Waals surface area contributed by atoms with Crippen molar-refractivity contribution in [3.8, 4) is 0 Å². The van der Waals surface area contributed by atoms with Crippen molar-refractivity contribution in [1.82, 2.24) is 10.0 Å². The minimum Gasteiger partial charge on any atom is -0.364 e. The lowest BCUT2D eigenvalue weighted by Gasteiger charge is -2.28. The Hall–Kier alpha value is -2.38. The second kappa shape index (κ2) is 7.47. The van der Waals surface area contributed by atoms with Crippen LogP contribution in [0, 0.1) is 5.92 Å². The Kier molecular flexibility index (Phi) is 5.29. The molecular weight excluding hydrogens is 350 g/mol. The molecule has 0 fully saturated rings. The third-order valence-corrected chi connectivity index (χ3v) is 5.74. The number of anilines is 1. The van der Waals surface area contributed by atoms with Gasteiger partial charge in [-0.3, -0.25) is 4.79 Å². The van der Waals surface area contributed by atoms with Crippen LogP contribution in [0.4, 0.5) is 5.69 Å². The smallest absolute Gasteiger partial charge is 0.251 e. The van der Waals surface area contributed by atoms with Gasteiger partial charge in [0.25, 0.3) is 5.91 Å². The number of fused-ring (bicyclic) bond motifs is 1. The molecule has 3 rings (SSSR count). The van der Waals surface area contributed by atoms with Crippen molar-refractivity contribution in [1.29, 1.82) is 0 Å². The van der Waals surface area contributed by atoms with E-state index in [1.807, 2.05) is 0 Å². The molecule has 0 bridgehead atoms. The summed E-state index contributed by atoms with van der Waals surface area (Å²) >= 11 is 0. The van der Waals surface area contributed by atoms with Crippen LogP contribution < -0.4 is 15.4 Å². The molecule has 1 aliphatic heterocycles.